The Balaban J connectivity index is 1.62. The van der Waals surface area contributed by atoms with Gasteiger partial charge in [-0.2, -0.15) is 0 Å². The Kier molecular flexibility index (Phi) is 5.92. The molecule has 184 valence electrons. The standard InChI is InChI=1S/C29H27NO6/c1-16-12-17(2)27-21(13-16)26(32)24-25(19-6-5-7-20(31)15-19)30(29(33)28(24)36-27)11-10-18-8-9-22(34-3)23(14-18)35-4/h5-9,12-15,25,31H,10-11H2,1-4H3. The molecular formula is C29H27NO6. The summed E-state index contributed by atoms with van der Waals surface area (Å²) in [5.41, 5.74) is 3.83. The predicted octanol–water partition coefficient (Wildman–Crippen LogP) is 4.92. The van der Waals surface area contributed by atoms with E-state index in [0.29, 0.717) is 46.6 Å². The second-order valence-corrected chi connectivity index (χ2v) is 9.07. The summed E-state index contributed by atoms with van der Waals surface area (Å²) in [6.45, 7) is 4.12. The maximum absolute atomic E-state index is 13.8. The molecule has 5 rings (SSSR count). The highest BCUT2D eigenvalue weighted by atomic mass is 16.5. The molecule has 0 saturated heterocycles. The largest absolute Gasteiger partial charge is 0.508 e. The summed E-state index contributed by atoms with van der Waals surface area (Å²) >= 11 is 0. The fourth-order valence-corrected chi connectivity index (χ4v) is 5.03. The maximum atomic E-state index is 13.8. The number of carbonyl (C=O) groups excluding carboxylic acids is 1. The Morgan fingerprint density at radius 2 is 1.75 bits per heavy atom. The molecule has 1 unspecified atom stereocenters. The minimum absolute atomic E-state index is 0.0557. The second kappa shape index (κ2) is 9.07. The Hall–Kier alpha value is -4.26. The third kappa shape index (κ3) is 3.86. The number of aromatic hydroxyl groups is 1. The first-order valence-corrected chi connectivity index (χ1v) is 11.7. The molecule has 4 aromatic rings. The summed E-state index contributed by atoms with van der Waals surface area (Å²) in [6, 6.07) is 15.3. The summed E-state index contributed by atoms with van der Waals surface area (Å²) in [5, 5.41) is 10.6. The van der Waals surface area contributed by atoms with E-state index in [-0.39, 0.29) is 22.8 Å². The molecule has 0 radical (unpaired) electrons. The van der Waals surface area contributed by atoms with E-state index < -0.39 is 6.04 Å². The number of carbonyl (C=O) groups is 1. The van der Waals surface area contributed by atoms with Gasteiger partial charge in [0.25, 0.3) is 5.91 Å². The highest BCUT2D eigenvalue weighted by Gasteiger charge is 2.42. The highest BCUT2D eigenvalue weighted by Crippen LogP contribution is 2.39. The lowest BCUT2D eigenvalue weighted by atomic mass is 9.97. The van der Waals surface area contributed by atoms with Crippen molar-refractivity contribution in [1.82, 2.24) is 4.90 Å². The molecule has 0 bridgehead atoms. The minimum atomic E-state index is -0.679. The van der Waals surface area contributed by atoms with Crippen LogP contribution in [0, 0.1) is 13.8 Å². The number of fused-ring (bicyclic) bond motifs is 2. The first kappa shape index (κ1) is 23.5. The molecular weight excluding hydrogens is 458 g/mol. The smallest absolute Gasteiger partial charge is 0.290 e. The average molecular weight is 486 g/mol. The zero-order valence-corrected chi connectivity index (χ0v) is 20.6. The quantitative estimate of drug-likeness (QED) is 0.417. The fraction of sp³-hybridized carbons (Fsp3) is 0.241. The predicted molar refractivity (Wildman–Crippen MR) is 136 cm³/mol. The van der Waals surface area contributed by atoms with Crippen molar-refractivity contribution in [1.29, 1.82) is 0 Å². The molecule has 7 nitrogen and oxygen atoms in total. The molecule has 36 heavy (non-hydrogen) atoms. The summed E-state index contributed by atoms with van der Waals surface area (Å²) in [4.78, 5) is 29.1. The SMILES string of the molecule is COc1ccc(CCN2C(=O)c3oc4c(C)cc(C)cc4c(=O)c3C2c2cccc(O)c2)cc1OC. The minimum Gasteiger partial charge on any atom is -0.508 e. The molecule has 0 spiro atoms. The lowest BCUT2D eigenvalue weighted by molar-refractivity contribution is 0.0730. The van der Waals surface area contributed by atoms with Gasteiger partial charge >= 0.3 is 0 Å². The van der Waals surface area contributed by atoms with Gasteiger partial charge in [0, 0.05) is 6.54 Å². The van der Waals surface area contributed by atoms with Crippen LogP contribution in [-0.4, -0.2) is 36.7 Å². The van der Waals surface area contributed by atoms with Gasteiger partial charge in [-0.25, -0.2) is 0 Å². The van der Waals surface area contributed by atoms with E-state index in [1.54, 1.807) is 49.5 Å². The van der Waals surface area contributed by atoms with Crippen LogP contribution >= 0.6 is 0 Å². The molecule has 7 heteroatoms. The summed E-state index contributed by atoms with van der Waals surface area (Å²) in [6.07, 6.45) is 0.515. The van der Waals surface area contributed by atoms with Gasteiger partial charge in [0.05, 0.1) is 31.2 Å². The average Bonchev–Trinajstić information content (AvgIpc) is 3.15. The fourth-order valence-electron chi connectivity index (χ4n) is 5.03. The van der Waals surface area contributed by atoms with E-state index in [9.17, 15) is 14.7 Å². The first-order valence-electron chi connectivity index (χ1n) is 11.7. The third-order valence-electron chi connectivity index (χ3n) is 6.67. The van der Waals surface area contributed by atoms with E-state index in [1.165, 1.54) is 0 Å². The molecule has 1 atom stereocenters. The van der Waals surface area contributed by atoms with Crippen LogP contribution < -0.4 is 14.9 Å². The Bertz CT molecular complexity index is 1550. The van der Waals surface area contributed by atoms with Gasteiger partial charge in [-0.15, -0.1) is 0 Å². The molecule has 0 aliphatic carbocycles. The highest BCUT2D eigenvalue weighted by molar-refractivity contribution is 5.99. The van der Waals surface area contributed by atoms with Crippen LogP contribution in [0.5, 0.6) is 17.2 Å². The molecule has 1 aliphatic rings. The zero-order chi connectivity index (χ0) is 25.6. The van der Waals surface area contributed by atoms with Crippen molar-refractivity contribution in [2.75, 3.05) is 20.8 Å². The van der Waals surface area contributed by atoms with Crippen molar-refractivity contribution in [2.24, 2.45) is 0 Å². The lowest BCUT2D eigenvalue weighted by Crippen LogP contribution is -2.31. The van der Waals surface area contributed by atoms with Crippen molar-refractivity contribution in [2.45, 2.75) is 26.3 Å². The summed E-state index contributed by atoms with van der Waals surface area (Å²) in [5.74, 6) is 0.989. The Morgan fingerprint density at radius 3 is 2.47 bits per heavy atom. The normalized spacial score (nSPS) is 14.8. The lowest BCUT2D eigenvalue weighted by Gasteiger charge is -2.25. The third-order valence-corrected chi connectivity index (χ3v) is 6.67. The van der Waals surface area contributed by atoms with E-state index in [2.05, 4.69) is 0 Å². The molecule has 1 aliphatic heterocycles. The van der Waals surface area contributed by atoms with Crippen LogP contribution in [0.2, 0.25) is 0 Å². The molecule has 1 aromatic heterocycles. The molecule has 2 heterocycles. The number of aryl methyl sites for hydroxylation is 2. The monoisotopic (exact) mass is 485 g/mol. The van der Waals surface area contributed by atoms with E-state index in [1.807, 2.05) is 38.1 Å². The number of ether oxygens (including phenoxy) is 2. The van der Waals surface area contributed by atoms with Crippen LogP contribution in [0.25, 0.3) is 11.0 Å². The number of rotatable bonds is 6. The number of benzene rings is 3. The number of phenolic OH excluding ortho intramolecular Hbond substituents is 1. The first-order chi connectivity index (χ1) is 17.3. The number of hydrogen-bond acceptors (Lipinski definition) is 6. The van der Waals surface area contributed by atoms with Crippen molar-refractivity contribution >= 4 is 16.9 Å². The Morgan fingerprint density at radius 1 is 0.972 bits per heavy atom. The maximum Gasteiger partial charge on any atom is 0.290 e. The van der Waals surface area contributed by atoms with E-state index >= 15 is 0 Å². The molecule has 1 amide bonds. The second-order valence-electron chi connectivity index (χ2n) is 9.07. The number of phenols is 1. The van der Waals surface area contributed by atoms with Crippen molar-refractivity contribution in [3.63, 3.8) is 0 Å². The molecule has 0 fully saturated rings. The van der Waals surface area contributed by atoms with Gasteiger partial charge in [0.15, 0.2) is 16.9 Å². The van der Waals surface area contributed by atoms with Crippen molar-refractivity contribution < 1.29 is 23.8 Å². The summed E-state index contributed by atoms with van der Waals surface area (Å²) in [7, 11) is 3.15. The van der Waals surface area contributed by atoms with Crippen LogP contribution in [0.3, 0.4) is 0 Å². The zero-order valence-electron chi connectivity index (χ0n) is 20.6. The van der Waals surface area contributed by atoms with Gasteiger partial charge in [-0.05, 0) is 72.9 Å². The van der Waals surface area contributed by atoms with Crippen molar-refractivity contribution in [3.05, 3.63) is 98.4 Å². The van der Waals surface area contributed by atoms with E-state index in [0.717, 1.165) is 16.7 Å². The van der Waals surface area contributed by atoms with Gasteiger partial charge in [-0.1, -0.05) is 24.3 Å². The number of amides is 1. The van der Waals surface area contributed by atoms with Crippen LogP contribution in [0.1, 0.15) is 44.4 Å². The van der Waals surface area contributed by atoms with Crippen LogP contribution in [-0.2, 0) is 6.42 Å². The van der Waals surface area contributed by atoms with E-state index in [4.69, 9.17) is 13.9 Å². The van der Waals surface area contributed by atoms with Crippen LogP contribution in [0.15, 0.2) is 63.8 Å². The Labute approximate surface area is 208 Å². The number of methoxy groups -OCH3 is 2. The van der Waals surface area contributed by atoms with Gasteiger partial charge in [-0.3, -0.25) is 9.59 Å². The summed E-state index contributed by atoms with van der Waals surface area (Å²) < 4.78 is 16.9. The van der Waals surface area contributed by atoms with Gasteiger partial charge in [0.1, 0.15) is 11.3 Å². The molecule has 3 aromatic carbocycles. The topological polar surface area (TPSA) is 89.2 Å². The molecule has 1 N–H and O–H groups in total. The van der Waals surface area contributed by atoms with Crippen molar-refractivity contribution in [3.8, 4) is 17.2 Å². The number of nitrogens with zero attached hydrogens (tertiary/aromatic N) is 1. The molecule has 0 saturated carbocycles. The van der Waals surface area contributed by atoms with Crippen LogP contribution in [0.4, 0.5) is 0 Å². The van der Waals surface area contributed by atoms with Gasteiger partial charge in [0.2, 0.25) is 5.76 Å². The van der Waals surface area contributed by atoms with Gasteiger partial charge < -0.3 is 23.9 Å². The number of hydrogen-bond donors (Lipinski definition) is 1.